The minimum atomic E-state index is -3.63. The van der Waals surface area contributed by atoms with E-state index in [-0.39, 0.29) is 16.7 Å². The second kappa shape index (κ2) is 8.48. The van der Waals surface area contributed by atoms with Crippen LogP contribution in [0.2, 0.25) is 0 Å². The molecule has 1 aromatic rings. The average molecular weight is 430 g/mol. The molecule has 0 radical (unpaired) electrons. The van der Waals surface area contributed by atoms with Gasteiger partial charge in [-0.25, -0.2) is 21.6 Å². The van der Waals surface area contributed by atoms with Crippen LogP contribution in [0.5, 0.6) is 0 Å². The van der Waals surface area contributed by atoms with E-state index in [0.29, 0.717) is 25.1 Å². The number of nitrogens with zero attached hydrogens (tertiary/aromatic N) is 1. The van der Waals surface area contributed by atoms with Crippen molar-refractivity contribution in [3.63, 3.8) is 0 Å². The van der Waals surface area contributed by atoms with Crippen LogP contribution in [0, 0.1) is 0 Å². The van der Waals surface area contributed by atoms with Crippen LogP contribution in [0.4, 0.5) is 5.69 Å². The van der Waals surface area contributed by atoms with Gasteiger partial charge in [-0.3, -0.25) is 4.79 Å². The van der Waals surface area contributed by atoms with Gasteiger partial charge in [0.05, 0.1) is 10.6 Å². The summed E-state index contributed by atoms with van der Waals surface area (Å²) in [5, 5.41) is 2.70. The summed E-state index contributed by atoms with van der Waals surface area (Å²) >= 11 is 0. The molecule has 0 aromatic heterocycles. The first-order valence-corrected chi connectivity index (χ1v) is 12.7. The highest BCUT2D eigenvalue weighted by Gasteiger charge is 2.36. The van der Waals surface area contributed by atoms with Gasteiger partial charge in [-0.15, -0.1) is 0 Å². The van der Waals surface area contributed by atoms with Crippen molar-refractivity contribution >= 4 is 31.6 Å². The summed E-state index contributed by atoms with van der Waals surface area (Å²) in [6.45, 7) is 2.12. The molecule has 1 saturated heterocycles. The predicted octanol–water partition coefficient (Wildman–Crippen LogP) is 1.66. The van der Waals surface area contributed by atoms with E-state index < -0.39 is 32.0 Å². The van der Waals surface area contributed by atoms with Crippen molar-refractivity contribution in [2.75, 3.05) is 17.6 Å². The maximum absolute atomic E-state index is 12.8. The highest BCUT2D eigenvalue weighted by atomic mass is 32.2. The molecule has 1 atom stereocenters. The van der Waals surface area contributed by atoms with Gasteiger partial charge in [-0.1, -0.05) is 19.4 Å². The number of anilines is 1. The van der Waals surface area contributed by atoms with E-state index in [2.05, 4.69) is 10.0 Å². The topological polar surface area (TPSA) is 113 Å². The molecule has 1 aliphatic carbocycles. The normalized spacial score (nSPS) is 21.4. The van der Waals surface area contributed by atoms with E-state index in [0.717, 1.165) is 25.7 Å². The van der Waals surface area contributed by atoms with Crippen LogP contribution in [-0.2, 0) is 24.8 Å². The second-order valence-corrected chi connectivity index (χ2v) is 11.1. The molecule has 3 rings (SSSR count). The van der Waals surface area contributed by atoms with Gasteiger partial charge in [-0.05, 0) is 50.3 Å². The molecule has 10 heteroatoms. The third kappa shape index (κ3) is 5.11. The Morgan fingerprint density at radius 1 is 1.14 bits per heavy atom. The third-order valence-corrected chi connectivity index (χ3v) is 8.48. The van der Waals surface area contributed by atoms with Gasteiger partial charge < -0.3 is 5.32 Å². The first-order valence-electron chi connectivity index (χ1n) is 9.66. The molecule has 2 fully saturated rings. The molecule has 8 nitrogen and oxygen atoms in total. The summed E-state index contributed by atoms with van der Waals surface area (Å²) in [5.74, 6) is -0.416. The lowest BCUT2D eigenvalue weighted by atomic mass is 10.0. The molecule has 1 aliphatic heterocycles. The molecule has 1 heterocycles. The fraction of sp³-hybridized carbons (Fsp3) is 0.611. The van der Waals surface area contributed by atoms with Gasteiger partial charge in [0.15, 0.2) is 0 Å². The van der Waals surface area contributed by atoms with E-state index in [1.54, 1.807) is 19.1 Å². The Morgan fingerprint density at radius 3 is 2.57 bits per heavy atom. The van der Waals surface area contributed by atoms with Crippen molar-refractivity contribution in [3.8, 4) is 0 Å². The molecule has 1 aromatic carbocycles. The number of rotatable bonds is 8. The van der Waals surface area contributed by atoms with E-state index >= 15 is 0 Å². The van der Waals surface area contributed by atoms with Crippen molar-refractivity contribution in [2.45, 2.75) is 62.4 Å². The lowest BCUT2D eigenvalue weighted by Crippen LogP contribution is -2.50. The van der Waals surface area contributed by atoms with Crippen LogP contribution in [0.25, 0.3) is 0 Å². The quantitative estimate of drug-likeness (QED) is 0.653. The minimum Gasteiger partial charge on any atom is -0.325 e. The molecule has 2 N–H and O–H groups in total. The van der Waals surface area contributed by atoms with Crippen molar-refractivity contribution in [1.82, 2.24) is 9.03 Å². The van der Waals surface area contributed by atoms with Crippen LogP contribution in [0.15, 0.2) is 29.2 Å². The molecule has 1 saturated carbocycles. The Balaban J connectivity index is 1.75. The number of benzene rings is 1. The Kier molecular flexibility index (Phi) is 6.43. The van der Waals surface area contributed by atoms with E-state index in [1.165, 1.54) is 16.4 Å². The van der Waals surface area contributed by atoms with Crippen LogP contribution in [-0.4, -0.2) is 51.4 Å². The molecule has 1 amide bonds. The van der Waals surface area contributed by atoms with Gasteiger partial charge in [0, 0.05) is 18.3 Å². The number of hydrogen-bond donors (Lipinski definition) is 2. The Bertz CT molecular complexity index is 926. The lowest BCUT2D eigenvalue weighted by molar-refractivity contribution is -0.120. The van der Waals surface area contributed by atoms with Gasteiger partial charge >= 0.3 is 0 Å². The maximum atomic E-state index is 12.8. The smallest absolute Gasteiger partial charge is 0.242 e. The van der Waals surface area contributed by atoms with Crippen LogP contribution in [0.3, 0.4) is 0 Å². The summed E-state index contributed by atoms with van der Waals surface area (Å²) in [7, 11) is -7.12. The largest absolute Gasteiger partial charge is 0.325 e. The van der Waals surface area contributed by atoms with Gasteiger partial charge in [0.1, 0.15) is 6.04 Å². The molecule has 1 unspecified atom stereocenters. The molecule has 28 heavy (non-hydrogen) atoms. The number of sulfonamides is 2. The van der Waals surface area contributed by atoms with Crippen LogP contribution in [0.1, 0.15) is 45.4 Å². The molecular formula is C18H27N3O5S2. The molecule has 156 valence electrons. The third-order valence-electron chi connectivity index (χ3n) is 4.89. The monoisotopic (exact) mass is 429 g/mol. The zero-order valence-corrected chi connectivity index (χ0v) is 17.6. The highest BCUT2D eigenvalue weighted by Crippen LogP contribution is 2.25. The van der Waals surface area contributed by atoms with E-state index in [4.69, 9.17) is 0 Å². The van der Waals surface area contributed by atoms with Gasteiger partial charge in [0.25, 0.3) is 0 Å². The Labute approximate surface area is 166 Å². The van der Waals surface area contributed by atoms with E-state index in [1.807, 2.05) is 0 Å². The summed E-state index contributed by atoms with van der Waals surface area (Å²) in [6, 6.07) is 5.25. The van der Waals surface area contributed by atoms with Gasteiger partial charge in [-0.2, -0.15) is 4.31 Å². The molecule has 0 bridgehead atoms. The summed E-state index contributed by atoms with van der Waals surface area (Å²) in [6.07, 6.45) is 4.11. The average Bonchev–Trinajstić information content (AvgIpc) is 3.45. The number of piperidine rings is 1. The van der Waals surface area contributed by atoms with Crippen LogP contribution < -0.4 is 10.0 Å². The molecular weight excluding hydrogens is 402 g/mol. The first kappa shape index (κ1) is 21.2. The van der Waals surface area contributed by atoms with Crippen molar-refractivity contribution in [1.29, 1.82) is 0 Å². The lowest BCUT2D eigenvalue weighted by Gasteiger charge is -2.33. The summed E-state index contributed by atoms with van der Waals surface area (Å²) < 4.78 is 53.6. The Hall–Kier alpha value is -1.49. The standard InChI is InChI=1S/C18H27N3O5S2/c1-2-12-27(23,24)21-11-4-3-8-17(21)18(22)19-15-6-5-7-16(13-15)28(25,26)20-14-9-10-14/h5-7,13-14,17,20H,2-4,8-12H2,1H3,(H,19,22). The molecule has 2 aliphatic rings. The fourth-order valence-electron chi connectivity index (χ4n) is 3.33. The molecule has 0 spiro atoms. The van der Waals surface area contributed by atoms with Gasteiger partial charge in [0.2, 0.25) is 26.0 Å². The van der Waals surface area contributed by atoms with Crippen molar-refractivity contribution in [3.05, 3.63) is 24.3 Å². The maximum Gasteiger partial charge on any atom is 0.242 e. The zero-order valence-electron chi connectivity index (χ0n) is 15.9. The second-order valence-electron chi connectivity index (χ2n) is 7.35. The SMILES string of the molecule is CCCS(=O)(=O)N1CCCCC1C(=O)Nc1cccc(S(=O)(=O)NC2CC2)c1. The zero-order chi connectivity index (χ0) is 20.4. The van der Waals surface area contributed by atoms with E-state index in [9.17, 15) is 21.6 Å². The Morgan fingerprint density at radius 2 is 1.89 bits per heavy atom. The number of hydrogen-bond acceptors (Lipinski definition) is 5. The summed E-state index contributed by atoms with van der Waals surface area (Å²) in [4.78, 5) is 12.9. The van der Waals surface area contributed by atoms with Crippen LogP contribution >= 0.6 is 0 Å². The number of carbonyl (C=O) groups is 1. The van der Waals surface area contributed by atoms with Crippen molar-refractivity contribution < 1.29 is 21.6 Å². The number of nitrogens with one attached hydrogen (secondary N) is 2. The number of carbonyl (C=O) groups excluding carboxylic acids is 1. The number of amides is 1. The predicted molar refractivity (Wildman–Crippen MR) is 107 cm³/mol. The van der Waals surface area contributed by atoms with Crippen molar-refractivity contribution in [2.24, 2.45) is 0 Å². The summed E-state index contributed by atoms with van der Waals surface area (Å²) in [5.41, 5.74) is 0.335. The fourth-order valence-corrected chi connectivity index (χ4v) is 6.43. The minimum absolute atomic E-state index is 0.0113. The highest BCUT2D eigenvalue weighted by molar-refractivity contribution is 7.89. The first-order chi connectivity index (χ1) is 13.2.